The molecular weight excluding hydrogens is 445 g/mol. The standard InChI is InChI=1S/C24H19F3N6O/c25-24(26,27)20-14-17(15-28-22(20)33-29-11-12-30-33)31-23(34)32-13-5-9-19-18(8-4-10-21(19)32)16-6-2-1-3-7-16/h1-4,6-8,10-12,14-15H,5,9,13H2,(H,31,34). The summed E-state index contributed by atoms with van der Waals surface area (Å²) in [6.45, 7) is 0.450. The molecule has 1 aliphatic rings. The van der Waals surface area contributed by atoms with Gasteiger partial charge in [-0.05, 0) is 41.7 Å². The van der Waals surface area contributed by atoms with Gasteiger partial charge in [-0.2, -0.15) is 23.4 Å². The molecule has 2 aromatic carbocycles. The molecule has 4 aromatic rings. The van der Waals surface area contributed by atoms with Gasteiger partial charge in [-0.1, -0.05) is 42.5 Å². The maximum Gasteiger partial charge on any atom is 0.420 e. The Hall–Kier alpha value is -4.21. The fourth-order valence-electron chi connectivity index (χ4n) is 4.13. The highest BCUT2D eigenvalue weighted by Crippen LogP contribution is 2.37. The minimum absolute atomic E-state index is 0.0698. The molecular formula is C24H19F3N6O. The number of nitrogens with zero attached hydrogens (tertiary/aromatic N) is 5. The molecule has 0 atom stereocenters. The first-order chi connectivity index (χ1) is 16.4. The molecule has 7 nitrogen and oxygen atoms in total. The summed E-state index contributed by atoms with van der Waals surface area (Å²) in [7, 11) is 0. The molecule has 0 spiro atoms. The Morgan fingerprint density at radius 2 is 1.76 bits per heavy atom. The molecule has 0 fully saturated rings. The Bertz CT molecular complexity index is 1320. The van der Waals surface area contributed by atoms with E-state index >= 15 is 0 Å². The van der Waals surface area contributed by atoms with Crippen molar-refractivity contribution in [2.24, 2.45) is 0 Å². The van der Waals surface area contributed by atoms with Crippen molar-refractivity contribution >= 4 is 17.4 Å². The number of pyridine rings is 1. The summed E-state index contributed by atoms with van der Waals surface area (Å²) in [5.74, 6) is -0.466. The van der Waals surface area contributed by atoms with E-state index in [0.717, 1.165) is 52.3 Å². The number of aromatic nitrogens is 4. The minimum Gasteiger partial charge on any atom is -0.306 e. The topological polar surface area (TPSA) is 75.9 Å². The van der Waals surface area contributed by atoms with E-state index < -0.39 is 23.6 Å². The fourth-order valence-corrected chi connectivity index (χ4v) is 4.13. The fraction of sp³-hybridized carbons (Fsp3) is 0.167. The van der Waals surface area contributed by atoms with Crippen LogP contribution in [-0.2, 0) is 12.6 Å². The van der Waals surface area contributed by atoms with Gasteiger partial charge in [0.1, 0.15) is 5.56 Å². The van der Waals surface area contributed by atoms with Crippen LogP contribution < -0.4 is 10.2 Å². The molecule has 172 valence electrons. The van der Waals surface area contributed by atoms with Crippen molar-refractivity contribution in [2.45, 2.75) is 19.0 Å². The predicted octanol–water partition coefficient (Wildman–Crippen LogP) is 5.33. The van der Waals surface area contributed by atoms with Crippen LogP contribution in [0.2, 0.25) is 0 Å². The van der Waals surface area contributed by atoms with Gasteiger partial charge in [0.15, 0.2) is 5.82 Å². The zero-order valence-corrected chi connectivity index (χ0v) is 17.8. The molecule has 0 saturated carbocycles. The third-order valence-electron chi connectivity index (χ3n) is 5.61. The van der Waals surface area contributed by atoms with Crippen molar-refractivity contribution in [2.75, 3.05) is 16.8 Å². The number of anilines is 2. The number of nitrogens with one attached hydrogen (secondary N) is 1. The monoisotopic (exact) mass is 464 g/mol. The zero-order chi connectivity index (χ0) is 23.7. The van der Waals surface area contributed by atoms with Crippen LogP contribution in [-0.4, -0.2) is 32.6 Å². The molecule has 3 heterocycles. The van der Waals surface area contributed by atoms with Crippen molar-refractivity contribution in [3.63, 3.8) is 0 Å². The molecule has 10 heteroatoms. The number of hydrogen-bond acceptors (Lipinski definition) is 4. The Kier molecular flexibility index (Phi) is 5.48. The van der Waals surface area contributed by atoms with Crippen molar-refractivity contribution in [1.29, 1.82) is 0 Å². The Morgan fingerprint density at radius 3 is 2.50 bits per heavy atom. The third kappa shape index (κ3) is 4.09. The van der Waals surface area contributed by atoms with E-state index in [2.05, 4.69) is 20.5 Å². The van der Waals surface area contributed by atoms with Crippen LogP contribution in [0.3, 0.4) is 0 Å². The highest BCUT2D eigenvalue weighted by molar-refractivity contribution is 6.03. The smallest absolute Gasteiger partial charge is 0.306 e. The van der Waals surface area contributed by atoms with Gasteiger partial charge in [0.25, 0.3) is 0 Å². The summed E-state index contributed by atoms with van der Waals surface area (Å²) < 4.78 is 41.0. The second-order valence-electron chi connectivity index (χ2n) is 7.77. The summed E-state index contributed by atoms with van der Waals surface area (Å²) >= 11 is 0. The van der Waals surface area contributed by atoms with Gasteiger partial charge in [-0.25, -0.2) is 9.78 Å². The van der Waals surface area contributed by atoms with Gasteiger partial charge in [0.2, 0.25) is 0 Å². The quantitative estimate of drug-likeness (QED) is 0.445. The lowest BCUT2D eigenvalue weighted by molar-refractivity contribution is -0.137. The number of carbonyl (C=O) groups excluding carboxylic acids is 1. The first kappa shape index (κ1) is 21.6. The maximum atomic E-state index is 13.7. The third-order valence-corrected chi connectivity index (χ3v) is 5.61. The molecule has 2 amide bonds. The van der Waals surface area contributed by atoms with Gasteiger partial charge >= 0.3 is 12.2 Å². The summed E-state index contributed by atoms with van der Waals surface area (Å²) in [4.78, 5) is 19.3. The lowest BCUT2D eigenvalue weighted by atomic mass is 9.92. The number of benzene rings is 2. The van der Waals surface area contributed by atoms with E-state index in [1.165, 1.54) is 12.4 Å². The van der Waals surface area contributed by atoms with E-state index in [1.807, 2.05) is 48.5 Å². The van der Waals surface area contributed by atoms with E-state index in [0.29, 0.717) is 6.54 Å². The van der Waals surface area contributed by atoms with Crippen molar-refractivity contribution < 1.29 is 18.0 Å². The average molecular weight is 464 g/mol. The van der Waals surface area contributed by atoms with Crippen molar-refractivity contribution in [1.82, 2.24) is 20.0 Å². The second kappa shape index (κ2) is 8.62. The highest BCUT2D eigenvalue weighted by atomic mass is 19.4. The summed E-state index contributed by atoms with van der Waals surface area (Å²) in [6.07, 6.45) is 0.510. The normalized spacial score (nSPS) is 13.4. The lowest BCUT2D eigenvalue weighted by Crippen LogP contribution is -2.39. The van der Waals surface area contributed by atoms with Crippen LogP contribution in [0.5, 0.6) is 0 Å². The number of halogens is 3. The van der Waals surface area contributed by atoms with Crippen LogP contribution in [0.25, 0.3) is 16.9 Å². The molecule has 1 aliphatic heterocycles. The van der Waals surface area contributed by atoms with Gasteiger partial charge in [-0.15, -0.1) is 4.80 Å². The number of amides is 2. The molecule has 34 heavy (non-hydrogen) atoms. The molecule has 0 unspecified atom stereocenters. The summed E-state index contributed by atoms with van der Waals surface area (Å²) in [5, 5.41) is 10.0. The van der Waals surface area contributed by atoms with E-state index in [1.54, 1.807) is 4.90 Å². The molecule has 0 aliphatic carbocycles. The first-order valence-electron chi connectivity index (χ1n) is 10.6. The second-order valence-corrected chi connectivity index (χ2v) is 7.77. The summed E-state index contributed by atoms with van der Waals surface area (Å²) in [6, 6.07) is 15.9. The Morgan fingerprint density at radius 1 is 1.00 bits per heavy atom. The number of rotatable bonds is 3. The Balaban J connectivity index is 1.45. The minimum atomic E-state index is -4.71. The average Bonchev–Trinajstić information content (AvgIpc) is 3.38. The maximum absolute atomic E-state index is 13.7. The SMILES string of the molecule is O=C(Nc1cnc(-n2nccn2)c(C(F)(F)F)c1)N1CCCc2c(-c3ccccc3)cccc21. The number of urea groups is 1. The van der Waals surface area contributed by atoms with E-state index in [4.69, 9.17) is 0 Å². The molecule has 2 aromatic heterocycles. The lowest BCUT2D eigenvalue weighted by Gasteiger charge is -2.31. The van der Waals surface area contributed by atoms with Crippen LogP contribution in [0.1, 0.15) is 17.5 Å². The van der Waals surface area contributed by atoms with Crippen LogP contribution in [0.4, 0.5) is 29.3 Å². The first-order valence-corrected chi connectivity index (χ1v) is 10.6. The van der Waals surface area contributed by atoms with Crippen molar-refractivity contribution in [3.05, 3.63) is 84.3 Å². The van der Waals surface area contributed by atoms with Crippen molar-refractivity contribution in [3.8, 4) is 16.9 Å². The number of hydrogen-bond donors (Lipinski definition) is 1. The van der Waals surface area contributed by atoms with Crippen LogP contribution >= 0.6 is 0 Å². The van der Waals surface area contributed by atoms with Crippen LogP contribution in [0.15, 0.2) is 73.2 Å². The number of fused-ring (bicyclic) bond motifs is 1. The molecule has 0 bridgehead atoms. The van der Waals surface area contributed by atoms with E-state index in [9.17, 15) is 18.0 Å². The van der Waals surface area contributed by atoms with Gasteiger partial charge < -0.3 is 5.32 Å². The molecule has 1 N–H and O–H groups in total. The molecule has 5 rings (SSSR count). The number of alkyl halides is 3. The summed E-state index contributed by atoms with van der Waals surface area (Å²) in [5.41, 5.74) is 2.73. The highest BCUT2D eigenvalue weighted by Gasteiger charge is 2.36. The van der Waals surface area contributed by atoms with Gasteiger partial charge in [0, 0.05) is 12.2 Å². The Labute approximate surface area is 192 Å². The predicted molar refractivity (Wildman–Crippen MR) is 121 cm³/mol. The largest absolute Gasteiger partial charge is 0.420 e. The van der Waals surface area contributed by atoms with E-state index in [-0.39, 0.29) is 5.69 Å². The van der Waals surface area contributed by atoms with Gasteiger partial charge in [0.05, 0.1) is 24.3 Å². The molecule has 0 radical (unpaired) electrons. The number of carbonyl (C=O) groups is 1. The van der Waals surface area contributed by atoms with Crippen LogP contribution in [0, 0.1) is 0 Å². The zero-order valence-electron chi connectivity index (χ0n) is 17.8. The molecule has 0 saturated heterocycles. The van der Waals surface area contributed by atoms with Gasteiger partial charge in [-0.3, -0.25) is 4.90 Å².